The summed E-state index contributed by atoms with van der Waals surface area (Å²) in [7, 11) is 1.45. The largest absolute Gasteiger partial charge is 0.497 e. The zero-order valence-electron chi connectivity index (χ0n) is 6.33. The van der Waals surface area contributed by atoms with E-state index in [1.165, 1.54) is 19.3 Å². The highest BCUT2D eigenvalue weighted by Crippen LogP contribution is 1.98. The zero-order valence-corrected chi connectivity index (χ0v) is 6.33. The molecule has 0 heterocycles. The van der Waals surface area contributed by atoms with Crippen LogP contribution < -0.4 is 0 Å². The molecule has 0 rings (SSSR count). The fraction of sp³-hybridized carbons (Fsp3) is 0.125. The number of ether oxygens (including phenoxy) is 1. The summed E-state index contributed by atoms with van der Waals surface area (Å²) in [5.74, 6) is -0.655. The Morgan fingerprint density at radius 2 is 2.00 bits per heavy atom. The van der Waals surface area contributed by atoms with Crippen LogP contribution in [0.1, 0.15) is 0 Å². The molecule has 3 nitrogen and oxygen atoms in total. The predicted molar refractivity (Wildman–Crippen MR) is 42.1 cm³/mol. The Bertz CT molecular complexity index is 213. The molecule has 0 aliphatic carbocycles. The normalized spacial score (nSPS) is 9.55. The first kappa shape index (κ1) is 9.49. The number of allylic oxidation sites excluding steroid dienone is 1. The van der Waals surface area contributed by atoms with Crippen LogP contribution in [0.25, 0.3) is 0 Å². The third-order valence-electron chi connectivity index (χ3n) is 1.01. The monoisotopic (exact) mass is 154 g/mol. The van der Waals surface area contributed by atoms with E-state index in [1.54, 1.807) is 0 Å². The van der Waals surface area contributed by atoms with E-state index in [0.717, 1.165) is 0 Å². The van der Waals surface area contributed by atoms with Crippen LogP contribution in [0.15, 0.2) is 36.6 Å². The standard InChI is InChI=1S/C8H10O3/c1-6(8(9)10)4-5-7(2)11-3/h4-5H,1-2H2,3H3,(H,9,10)/b5-4-. The van der Waals surface area contributed by atoms with E-state index < -0.39 is 5.97 Å². The van der Waals surface area contributed by atoms with Gasteiger partial charge in [0, 0.05) is 0 Å². The van der Waals surface area contributed by atoms with Crippen LogP contribution in [-0.4, -0.2) is 18.2 Å². The Hall–Kier alpha value is -1.51. The van der Waals surface area contributed by atoms with Gasteiger partial charge in [0.05, 0.1) is 12.7 Å². The van der Waals surface area contributed by atoms with Gasteiger partial charge in [-0.2, -0.15) is 0 Å². The molecule has 11 heavy (non-hydrogen) atoms. The van der Waals surface area contributed by atoms with E-state index in [0.29, 0.717) is 5.76 Å². The van der Waals surface area contributed by atoms with Crippen molar-refractivity contribution in [2.24, 2.45) is 0 Å². The van der Waals surface area contributed by atoms with Crippen LogP contribution in [-0.2, 0) is 9.53 Å². The molecule has 0 aromatic carbocycles. The molecule has 0 amide bonds. The second-order valence-electron chi connectivity index (χ2n) is 1.83. The third-order valence-corrected chi connectivity index (χ3v) is 1.01. The van der Waals surface area contributed by atoms with Crippen LogP contribution >= 0.6 is 0 Å². The SMILES string of the molecule is C=C(/C=C\C(=C)C(=O)O)OC. The van der Waals surface area contributed by atoms with Crippen molar-refractivity contribution in [1.29, 1.82) is 0 Å². The van der Waals surface area contributed by atoms with E-state index >= 15 is 0 Å². The van der Waals surface area contributed by atoms with Crippen molar-refractivity contribution in [3.05, 3.63) is 36.6 Å². The quantitative estimate of drug-likeness (QED) is 0.377. The smallest absolute Gasteiger partial charge is 0.335 e. The number of aliphatic carboxylic acids is 1. The van der Waals surface area contributed by atoms with Gasteiger partial charge in [0.2, 0.25) is 0 Å². The van der Waals surface area contributed by atoms with Gasteiger partial charge in [-0.25, -0.2) is 4.79 Å². The summed E-state index contributed by atoms with van der Waals surface area (Å²) in [4.78, 5) is 10.2. The summed E-state index contributed by atoms with van der Waals surface area (Å²) in [6.45, 7) is 6.74. The molecule has 0 fully saturated rings. The molecule has 0 aliphatic rings. The number of carboxylic acid groups (broad SMARTS) is 1. The molecule has 0 atom stereocenters. The molecule has 0 saturated heterocycles. The van der Waals surface area contributed by atoms with Gasteiger partial charge in [0.15, 0.2) is 0 Å². The molecule has 0 spiro atoms. The van der Waals surface area contributed by atoms with Crippen molar-refractivity contribution in [1.82, 2.24) is 0 Å². The lowest BCUT2D eigenvalue weighted by Crippen LogP contribution is -1.95. The molecule has 0 bridgehead atoms. The maximum atomic E-state index is 10.2. The van der Waals surface area contributed by atoms with Crippen LogP contribution in [0.5, 0.6) is 0 Å². The van der Waals surface area contributed by atoms with Crippen molar-refractivity contribution >= 4 is 5.97 Å². The molecule has 60 valence electrons. The van der Waals surface area contributed by atoms with Crippen LogP contribution in [0, 0.1) is 0 Å². The van der Waals surface area contributed by atoms with Gasteiger partial charge in [-0.05, 0) is 12.2 Å². The maximum absolute atomic E-state index is 10.2. The summed E-state index contributed by atoms with van der Waals surface area (Å²) < 4.78 is 4.67. The summed E-state index contributed by atoms with van der Waals surface area (Å²) in [6.07, 6.45) is 2.77. The molecule has 0 aromatic rings. The van der Waals surface area contributed by atoms with Gasteiger partial charge in [-0.3, -0.25) is 0 Å². The van der Waals surface area contributed by atoms with E-state index in [4.69, 9.17) is 5.11 Å². The molecule has 0 aromatic heterocycles. The number of rotatable bonds is 4. The lowest BCUT2D eigenvalue weighted by molar-refractivity contribution is -0.132. The van der Waals surface area contributed by atoms with E-state index in [1.807, 2.05) is 0 Å². The first-order valence-corrected chi connectivity index (χ1v) is 2.91. The lowest BCUT2D eigenvalue weighted by atomic mass is 10.3. The summed E-state index contributed by atoms with van der Waals surface area (Å²) >= 11 is 0. The Morgan fingerprint density at radius 3 is 2.36 bits per heavy atom. The van der Waals surface area contributed by atoms with E-state index in [9.17, 15) is 4.79 Å². The number of hydrogen-bond acceptors (Lipinski definition) is 2. The number of methoxy groups -OCH3 is 1. The van der Waals surface area contributed by atoms with Gasteiger partial charge in [-0.1, -0.05) is 13.2 Å². The molecule has 0 unspecified atom stereocenters. The van der Waals surface area contributed by atoms with Gasteiger partial charge in [0.1, 0.15) is 5.76 Å². The lowest BCUT2D eigenvalue weighted by Gasteiger charge is -1.94. The molecular weight excluding hydrogens is 144 g/mol. The molecular formula is C8H10O3. The second kappa shape index (κ2) is 4.33. The highest BCUT2D eigenvalue weighted by molar-refractivity contribution is 5.89. The van der Waals surface area contributed by atoms with Gasteiger partial charge >= 0.3 is 5.97 Å². The fourth-order valence-electron chi connectivity index (χ4n) is 0.333. The molecule has 3 heteroatoms. The predicted octanol–water partition coefficient (Wildman–Crippen LogP) is 1.34. The van der Waals surface area contributed by atoms with Crippen molar-refractivity contribution in [2.45, 2.75) is 0 Å². The van der Waals surface area contributed by atoms with Crippen molar-refractivity contribution < 1.29 is 14.6 Å². The van der Waals surface area contributed by atoms with Crippen LogP contribution in [0.3, 0.4) is 0 Å². The average Bonchev–Trinajstić information content (AvgIpc) is 1.99. The van der Waals surface area contributed by atoms with Crippen molar-refractivity contribution in [3.8, 4) is 0 Å². The molecule has 0 saturated carbocycles. The van der Waals surface area contributed by atoms with Crippen molar-refractivity contribution in [2.75, 3.05) is 7.11 Å². The highest BCUT2D eigenvalue weighted by Gasteiger charge is 1.97. The molecule has 0 radical (unpaired) electrons. The fourth-order valence-corrected chi connectivity index (χ4v) is 0.333. The first-order chi connectivity index (χ1) is 5.07. The maximum Gasteiger partial charge on any atom is 0.335 e. The van der Waals surface area contributed by atoms with Crippen LogP contribution in [0.2, 0.25) is 0 Å². The van der Waals surface area contributed by atoms with E-state index in [2.05, 4.69) is 17.9 Å². The summed E-state index contributed by atoms with van der Waals surface area (Å²) in [5.41, 5.74) is 0.00296. The Balaban J connectivity index is 4.04. The molecule has 0 aliphatic heterocycles. The van der Waals surface area contributed by atoms with Gasteiger partial charge in [0.25, 0.3) is 0 Å². The zero-order chi connectivity index (χ0) is 8.85. The van der Waals surface area contributed by atoms with E-state index in [-0.39, 0.29) is 5.57 Å². The summed E-state index contributed by atoms with van der Waals surface area (Å²) in [5, 5.41) is 8.35. The topological polar surface area (TPSA) is 46.5 Å². The summed E-state index contributed by atoms with van der Waals surface area (Å²) in [6, 6.07) is 0. The first-order valence-electron chi connectivity index (χ1n) is 2.91. The Kier molecular flexibility index (Phi) is 3.73. The Labute approximate surface area is 65.3 Å². The third kappa shape index (κ3) is 3.97. The average molecular weight is 154 g/mol. The van der Waals surface area contributed by atoms with Crippen LogP contribution in [0.4, 0.5) is 0 Å². The van der Waals surface area contributed by atoms with Crippen molar-refractivity contribution in [3.63, 3.8) is 0 Å². The van der Waals surface area contributed by atoms with Gasteiger partial charge in [-0.15, -0.1) is 0 Å². The van der Waals surface area contributed by atoms with Gasteiger partial charge < -0.3 is 9.84 Å². The highest BCUT2D eigenvalue weighted by atomic mass is 16.5. The number of carbonyl (C=O) groups is 1. The minimum atomic E-state index is -1.05. The second-order valence-corrected chi connectivity index (χ2v) is 1.83. The number of carboxylic acids is 1. The minimum Gasteiger partial charge on any atom is -0.497 e. The Morgan fingerprint density at radius 1 is 1.45 bits per heavy atom. The molecule has 1 N–H and O–H groups in total. The minimum absolute atomic E-state index is 0.00296. The number of hydrogen-bond donors (Lipinski definition) is 1.